The molecule has 0 saturated carbocycles. The predicted octanol–water partition coefficient (Wildman–Crippen LogP) is 1.86. The normalized spacial score (nSPS) is 17.8. The Morgan fingerprint density at radius 3 is 2.76 bits per heavy atom. The van der Waals surface area contributed by atoms with Gasteiger partial charge in [-0.1, -0.05) is 6.07 Å². The zero-order valence-corrected chi connectivity index (χ0v) is 18.4. The molecule has 1 atom stereocenters. The topological polar surface area (TPSA) is 76.0 Å². The molecule has 0 aromatic carbocycles. The van der Waals surface area contributed by atoms with E-state index in [2.05, 4.69) is 38.5 Å². The fraction of sp³-hybridized carbons (Fsp3) is 0.524. The molecular formula is C21H32N6OS. The highest BCUT2D eigenvalue weighted by Gasteiger charge is 2.24. The third kappa shape index (κ3) is 5.91. The number of nitrogens with one attached hydrogen (secondary N) is 2. The third-order valence-corrected chi connectivity index (χ3v) is 5.85. The SMILES string of the molecule is CCNC(=NCc1cccnc1N1CCN(C)CC1)NCC(C)(O)c1ccsc1. The lowest BCUT2D eigenvalue weighted by atomic mass is 9.99. The van der Waals surface area contributed by atoms with Gasteiger partial charge in [0.2, 0.25) is 0 Å². The molecule has 0 aliphatic carbocycles. The Morgan fingerprint density at radius 1 is 1.28 bits per heavy atom. The van der Waals surface area contributed by atoms with Gasteiger partial charge in [0.05, 0.1) is 13.1 Å². The number of hydrogen-bond donors (Lipinski definition) is 3. The molecule has 1 unspecified atom stereocenters. The van der Waals surface area contributed by atoms with E-state index in [1.807, 2.05) is 42.9 Å². The first-order valence-corrected chi connectivity index (χ1v) is 11.1. The van der Waals surface area contributed by atoms with Crippen molar-refractivity contribution >= 4 is 23.1 Å². The summed E-state index contributed by atoms with van der Waals surface area (Å²) in [6.45, 7) is 9.57. The summed E-state index contributed by atoms with van der Waals surface area (Å²) < 4.78 is 0. The number of aromatic nitrogens is 1. The van der Waals surface area contributed by atoms with Crippen molar-refractivity contribution in [3.8, 4) is 0 Å². The van der Waals surface area contributed by atoms with Crippen molar-refractivity contribution in [3.63, 3.8) is 0 Å². The summed E-state index contributed by atoms with van der Waals surface area (Å²) >= 11 is 1.59. The van der Waals surface area contributed by atoms with Gasteiger partial charge in [0.15, 0.2) is 5.96 Å². The average Bonchev–Trinajstić information content (AvgIpc) is 3.27. The molecule has 2 aromatic rings. The molecule has 3 heterocycles. The Hall–Kier alpha value is -2.16. The lowest BCUT2D eigenvalue weighted by molar-refractivity contribution is 0.0621. The zero-order valence-electron chi connectivity index (χ0n) is 17.6. The van der Waals surface area contributed by atoms with Crippen LogP contribution in [0.1, 0.15) is 25.0 Å². The minimum Gasteiger partial charge on any atom is -0.384 e. The molecule has 1 fully saturated rings. The summed E-state index contributed by atoms with van der Waals surface area (Å²) in [5.74, 6) is 1.71. The number of aliphatic imine (C=N–C) groups is 1. The maximum absolute atomic E-state index is 10.8. The van der Waals surface area contributed by atoms with Crippen molar-refractivity contribution in [2.24, 2.45) is 4.99 Å². The van der Waals surface area contributed by atoms with Crippen molar-refractivity contribution < 1.29 is 5.11 Å². The van der Waals surface area contributed by atoms with Gasteiger partial charge in [-0.05, 0) is 49.4 Å². The molecular weight excluding hydrogens is 384 g/mol. The largest absolute Gasteiger partial charge is 0.384 e. The Kier molecular flexibility index (Phi) is 7.46. The Labute approximate surface area is 177 Å². The van der Waals surface area contributed by atoms with Gasteiger partial charge < -0.3 is 25.5 Å². The highest BCUT2D eigenvalue weighted by Crippen LogP contribution is 2.22. The van der Waals surface area contributed by atoms with Crippen molar-refractivity contribution in [3.05, 3.63) is 46.3 Å². The van der Waals surface area contributed by atoms with Gasteiger partial charge in [-0.25, -0.2) is 9.98 Å². The molecule has 3 rings (SSSR count). The number of likely N-dealkylation sites (N-methyl/N-ethyl adjacent to an activating group) is 1. The molecule has 1 aliphatic heterocycles. The fourth-order valence-electron chi connectivity index (χ4n) is 3.29. The van der Waals surface area contributed by atoms with E-state index in [1.54, 1.807) is 11.3 Å². The minimum absolute atomic E-state index is 0.383. The van der Waals surface area contributed by atoms with Crippen LogP contribution in [-0.4, -0.2) is 67.3 Å². The third-order valence-electron chi connectivity index (χ3n) is 5.17. The van der Waals surface area contributed by atoms with Crippen molar-refractivity contribution in [1.29, 1.82) is 0 Å². The quantitative estimate of drug-likeness (QED) is 0.473. The van der Waals surface area contributed by atoms with E-state index < -0.39 is 5.60 Å². The summed E-state index contributed by atoms with van der Waals surface area (Å²) in [7, 11) is 2.15. The lowest BCUT2D eigenvalue weighted by Crippen LogP contribution is -2.45. The first-order chi connectivity index (χ1) is 14.0. The predicted molar refractivity (Wildman–Crippen MR) is 121 cm³/mol. The average molecular weight is 417 g/mol. The second-order valence-electron chi connectivity index (χ2n) is 7.61. The molecule has 0 amide bonds. The Morgan fingerprint density at radius 2 is 2.07 bits per heavy atom. The number of hydrogen-bond acceptors (Lipinski definition) is 6. The first kappa shape index (κ1) is 21.5. The van der Waals surface area contributed by atoms with E-state index in [0.717, 1.165) is 49.7 Å². The molecule has 1 aliphatic rings. The van der Waals surface area contributed by atoms with Gasteiger partial charge >= 0.3 is 0 Å². The molecule has 0 spiro atoms. The van der Waals surface area contributed by atoms with Crippen LogP contribution in [0.5, 0.6) is 0 Å². The smallest absolute Gasteiger partial charge is 0.191 e. The summed E-state index contributed by atoms with van der Waals surface area (Å²) in [6.07, 6.45) is 1.85. The lowest BCUT2D eigenvalue weighted by Gasteiger charge is -2.34. The number of rotatable bonds is 7. The van der Waals surface area contributed by atoms with Crippen LogP contribution in [0.2, 0.25) is 0 Å². The molecule has 158 valence electrons. The van der Waals surface area contributed by atoms with Crippen molar-refractivity contribution in [2.45, 2.75) is 26.0 Å². The maximum Gasteiger partial charge on any atom is 0.191 e. The molecule has 3 N–H and O–H groups in total. The number of anilines is 1. The van der Waals surface area contributed by atoms with Crippen LogP contribution < -0.4 is 15.5 Å². The minimum atomic E-state index is -0.949. The van der Waals surface area contributed by atoms with E-state index in [0.29, 0.717) is 19.0 Å². The monoisotopic (exact) mass is 416 g/mol. The number of piperazine rings is 1. The highest BCUT2D eigenvalue weighted by atomic mass is 32.1. The maximum atomic E-state index is 10.8. The van der Waals surface area contributed by atoms with Gasteiger partial charge in [0.25, 0.3) is 0 Å². The van der Waals surface area contributed by atoms with E-state index in [-0.39, 0.29) is 0 Å². The molecule has 0 bridgehead atoms. The van der Waals surface area contributed by atoms with Crippen LogP contribution >= 0.6 is 11.3 Å². The summed E-state index contributed by atoms with van der Waals surface area (Å²) in [6, 6.07) is 6.01. The van der Waals surface area contributed by atoms with Crippen LogP contribution in [0.25, 0.3) is 0 Å². The Bertz CT molecular complexity index is 784. The number of nitrogens with zero attached hydrogens (tertiary/aromatic N) is 4. The molecule has 2 aromatic heterocycles. The fourth-order valence-corrected chi connectivity index (χ4v) is 4.07. The number of guanidine groups is 1. The van der Waals surface area contributed by atoms with Gasteiger partial charge in [0, 0.05) is 44.5 Å². The van der Waals surface area contributed by atoms with Crippen LogP contribution in [0.15, 0.2) is 40.1 Å². The van der Waals surface area contributed by atoms with E-state index in [9.17, 15) is 5.11 Å². The van der Waals surface area contributed by atoms with Crippen LogP contribution in [0.3, 0.4) is 0 Å². The molecule has 8 heteroatoms. The second-order valence-corrected chi connectivity index (χ2v) is 8.39. The van der Waals surface area contributed by atoms with Gasteiger partial charge in [-0.2, -0.15) is 11.3 Å². The number of aliphatic hydroxyl groups is 1. The summed E-state index contributed by atoms with van der Waals surface area (Å²) in [5.41, 5.74) is 1.07. The van der Waals surface area contributed by atoms with Gasteiger partial charge in [0.1, 0.15) is 11.4 Å². The first-order valence-electron chi connectivity index (χ1n) is 10.1. The standard InChI is InChI=1S/C21H32N6OS/c1-4-22-20(25-16-21(2,28)18-7-13-29-15-18)24-14-17-6-5-8-23-19(17)27-11-9-26(3)10-12-27/h5-8,13,15,28H,4,9-12,14,16H2,1-3H3,(H2,22,24,25). The van der Waals surface area contributed by atoms with E-state index in [1.165, 1.54) is 0 Å². The number of pyridine rings is 1. The molecule has 0 radical (unpaired) electrons. The van der Waals surface area contributed by atoms with Crippen molar-refractivity contribution in [1.82, 2.24) is 20.5 Å². The molecule has 29 heavy (non-hydrogen) atoms. The molecule has 1 saturated heterocycles. The summed E-state index contributed by atoms with van der Waals surface area (Å²) in [4.78, 5) is 14.1. The molecule has 7 nitrogen and oxygen atoms in total. The Balaban J connectivity index is 1.67. The van der Waals surface area contributed by atoms with Crippen LogP contribution in [0.4, 0.5) is 5.82 Å². The zero-order chi connectivity index (χ0) is 20.7. The van der Waals surface area contributed by atoms with Crippen LogP contribution in [-0.2, 0) is 12.1 Å². The van der Waals surface area contributed by atoms with E-state index >= 15 is 0 Å². The van der Waals surface area contributed by atoms with Gasteiger partial charge in [-0.3, -0.25) is 0 Å². The number of thiophene rings is 1. The summed E-state index contributed by atoms with van der Waals surface area (Å²) in [5, 5.41) is 21.2. The van der Waals surface area contributed by atoms with Gasteiger partial charge in [-0.15, -0.1) is 0 Å². The van der Waals surface area contributed by atoms with Crippen molar-refractivity contribution in [2.75, 3.05) is 51.2 Å². The van der Waals surface area contributed by atoms with Crippen LogP contribution in [0, 0.1) is 0 Å². The second kappa shape index (κ2) is 10.0. The highest BCUT2D eigenvalue weighted by molar-refractivity contribution is 7.08. The van der Waals surface area contributed by atoms with E-state index in [4.69, 9.17) is 4.99 Å².